The molecule has 0 unspecified atom stereocenters. The summed E-state index contributed by atoms with van der Waals surface area (Å²) in [5, 5.41) is 0. The Hall–Kier alpha value is -2.31. The highest BCUT2D eigenvalue weighted by atomic mass is 32.2. The van der Waals surface area contributed by atoms with Crippen LogP contribution in [0.15, 0.2) is 64.1 Å². The lowest BCUT2D eigenvalue weighted by Gasteiger charge is -2.14. The van der Waals surface area contributed by atoms with Gasteiger partial charge in [-0.3, -0.25) is 9.69 Å². The molecule has 1 saturated heterocycles. The Bertz CT molecular complexity index is 792. The molecule has 0 radical (unpaired) electrons. The van der Waals surface area contributed by atoms with Crippen molar-refractivity contribution >= 4 is 40.3 Å². The number of carbonyl (C=O) groups excluding carboxylic acids is 1. The number of thioether (sulfide) groups is 1. The molecule has 1 aromatic carbocycles. The second kappa shape index (κ2) is 7.51. The summed E-state index contributed by atoms with van der Waals surface area (Å²) in [4.78, 5) is 14.7. The number of rotatable bonds is 5. The molecule has 24 heavy (non-hydrogen) atoms. The number of benzene rings is 1. The number of hydrogen-bond acceptors (Lipinski definition) is 5. The van der Waals surface area contributed by atoms with Crippen LogP contribution < -0.4 is 4.74 Å². The van der Waals surface area contributed by atoms with Gasteiger partial charge in [-0.15, -0.1) is 0 Å². The number of hydrogen-bond donors (Lipinski definition) is 0. The van der Waals surface area contributed by atoms with E-state index in [0.717, 1.165) is 17.1 Å². The summed E-state index contributed by atoms with van der Waals surface area (Å²) in [7, 11) is 1.62. The molecule has 6 heteroatoms. The van der Waals surface area contributed by atoms with Crippen LogP contribution in [-0.4, -0.2) is 22.2 Å². The summed E-state index contributed by atoms with van der Waals surface area (Å²) in [5.74, 6) is 1.44. The van der Waals surface area contributed by atoms with Gasteiger partial charge in [0.1, 0.15) is 15.8 Å². The van der Waals surface area contributed by atoms with Crippen molar-refractivity contribution in [1.29, 1.82) is 0 Å². The number of furan rings is 1. The number of methoxy groups -OCH3 is 1. The molecule has 1 aromatic heterocycles. The van der Waals surface area contributed by atoms with Gasteiger partial charge in [0.15, 0.2) is 0 Å². The van der Waals surface area contributed by atoms with Gasteiger partial charge in [0.25, 0.3) is 5.91 Å². The summed E-state index contributed by atoms with van der Waals surface area (Å²) >= 11 is 6.64. The molecule has 0 atom stereocenters. The molecule has 0 aliphatic carbocycles. The average Bonchev–Trinajstić information content (AvgIpc) is 3.20. The predicted molar refractivity (Wildman–Crippen MR) is 99.6 cm³/mol. The van der Waals surface area contributed by atoms with Crippen LogP contribution in [0.2, 0.25) is 0 Å². The third-order valence-corrected chi connectivity index (χ3v) is 4.82. The summed E-state index contributed by atoms with van der Waals surface area (Å²) in [6.07, 6.45) is 6.96. The quantitative estimate of drug-likeness (QED) is 0.591. The van der Waals surface area contributed by atoms with E-state index in [9.17, 15) is 4.79 Å². The van der Waals surface area contributed by atoms with E-state index in [1.54, 1.807) is 36.5 Å². The zero-order chi connectivity index (χ0) is 16.9. The van der Waals surface area contributed by atoms with E-state index in [1.165, 1.54) is 11.8 Å². The van der Waals surface area contributed by atoms with E-state index in [1.807, 2.05) is 36.4 Å². The topological polar surface area (TPSA) is 42.7 Å². The van der Waals surface area contributed by atoms with Crippen LogP contribution in [0.4, 0.5) is 0 Å². The van der Waals surface area contributed by atoms with Crippen molar-refractivity contribution in [3.8, 4) is 5.75 Å². The lowest BCUT2D eigenvalue weighted by atomic mass is 10.2. The Morgan fingerprint density at radius 1 is 1.29 bits per heavy atom. The van der Waals surface area contributed by atoms with Crippen LogP contribution in [0.1, 0.15) is 11.3 Å². The fourth-order valence-corrected chi connectivity index (χ4v) is 3.39. The SMILES string of the molecule is COc1ccc(CN2C(=O)/C(=C/C=C/c3ccco3)SC2=S)cc1. The molecule has 3 rings (SSSR count). The van der Waals surface area contributed by atoms with Gasteiger partial charge < -0.3 is 9.15 Å². The fraction of sp³-hybridized carbons (Fsp3) is 0.111. The molecule has 0 spiro atoms. The third-order valence-electron chi connectivity index (χ3n) is 3.42. The Labute approximate surface area is 149 Å². The first kappa shape index (κ1) is 16.5. The van der Waals surface area contributed by atoms with Gasteiger partial charge in [-0.2, -0.15) is 0 Å². The molecule has 1 aliphatic rings. The molecule has 1 fully saturated rings. The third kappa shape index (κ3) is 3.77. The summed E-state index contributed by atoms with van der Waals surface area (Å²) < 4.78 is 10.9. The normalized spacial score (nSPS) is 16.5. The van der Waals surface area contributed by atoms with E-state index >= 15 is 0 Å². The van der Waals surface area contributed by atoms with Gasteiger partial charge in [0.05, 0.1) is 24.8 Å². The zero-order valence-corrected chi connectivity index (χ0v) is 14.6. The Morgan fingerprint density at radius 2 is 2.08 bits per heavy atom. The van der Waals surface area contributed by atoms with Crippen molar-refractivity contribution in [2.24, 2.45) is 0 Å². The molecule has 122 valence electrons. The van der Waals surface area contributed by atoms with Crippen molar-refractivity contribution in [2.45, 2.75) is 6.54 Å². The van der Waals surface area contributed by atoms with E-state index < -0.39 is 0 Å². The smallest absolute Gasteiger partial charge is 0.266 e. The maximum atomic E-state index is 12.5. The maximum Gasteiger partial charge on any atom is 0.266 e. The van der Waals surface area contributed by atoms with Crippen molar-refractivity contribution in [3.05, 3.63) is 71.0 Å². The van der Waals surface area contributed by atoms with E-state index in [2.05, 4.69) is 0 Å². The number of amides is 1. The van der Waals surface area contributed by atoms with Crippen LogP contribution in [0.5, 0.6) is 5.75 Å². The molecule has 0 saturated carbocycles. The maximum absolute atomic E-state index is 12.5. The Balaban J connectivity index is 1.69. The monoisotopic (exact) mass is 357 g/mol. The molecular formula is C18H15NO3S2. The molecule has 0 bridgehead atoms. The molecule has 1 amide bonds. The minimum atomic E-state index is -0.0788. The van der Waals surface area contributed by atoms with E-state index in [-0.39, 0.29) is 5.91 Å². The highest BCUT2D eigenvalue weighted by Gasteiger charge is 2.31. The van der Waals surface area contributed by atoms with Crippen LogP contribution in [0.25, 0.3) is 6.08 Å². The first-order chi connectivity index (χ1) is 11.7. The Morgan fingerprint density at radius 3 is 2.75 bits per heavy atom. The second-order valence-corrected chi connectivity index (χ2v) is 6.69. The number of nitrogens with zero attached hydrogens (tertiary/aromatic N) is 1. The highest BCUT2D eigenvalue weighted by molar-refractivity contribution is 8.26. The summed E-state index contributed by atoms with van der Waals surface area (Å²) in [6, 6.07) is 11.3. The molecule has 2 aromatic rings. The molecule has 4 nitrogen and oxygen atoms in total. The molecule has 1 aliphatic heterocycles. The molecule has 2 heterocycles. The molecular weight excluding hydrogens is 342 g/mol. The van der Waals surface area contributed by atoms with Crippen molar-refractivity contribution < 1.29 is 13.9 Å². The first-order valence-corrected chi connectivity index (χ1v) is 8.48. The van der Waals surface area contributed by atoms with Gasteiger partial charge in [0.2, 0.25) is 0 Å². The van der Waals surface area contributed by atoms with Crippen LogP contribution in [-0.2, 0) is 11.3 Å². The zero-order valence-electron chi connectivity index (χ0n) is 13.0. The number of allylic oxidation sites excluding steroid dienone is 2. The van der Waals surface area contributed by atoms with Gasteiger partial charge in [-0.05, 0) is 42.0 Å². The predicted octanol–water partition coefficient (Wildman–Crippen LogP) is 4.25. The van der Waals surface area contributed by atoms with E-state index in [4.69, 9.17) is 21.4 Å². The number of ether oxygens (including phenoxy) is 1. The van der Waals surface area contributed by atoms with Crippen molar-refractivity contribution in [2.75, 3.05) is 7.11 Å². The summed E-state index contributed by atoms with van der Waals surface area (Å²) in [5.41, 5.74) is 1.000. The molecule has 0 N–H and O–H groups in total. The number of thiocarbonyl (C=S) groups is 1. The van der Waals surface area contributed by atoms with Gasteiger partial charge in [-0.1, -0.05) is 42.2 Å². The van der Waals surface area contributed by atoms with Crippen molar-refractivity contribution in [1.82, 2.24) is 4.90 Å². The van der Waals surface area contributed by atoms with Crippen molar-refractivity contribution in [3.63, 3.8) is 0 Å². The fourth-order valence-electron chi connectivity index (χ4n) is 2.18. The standard InChI is InChI=1S/C18H15NO3S2/c1-21-14-9-7-13(8-10-14)12-19-17(20)16(24-18(19)23)6-2-4-15-5-3-11-22-15/h2-11H,12H2,1H3/b4-2+,16-6-. The van der Waals surface area contributed by atoms with Crippen LogP contribution in [0, 0.1) is 0 Å². The lowest BCUT2D eigenvalue weighted by molar-refractivity contribution is -0.122. The Kier molecular flexibility index (Phi) is 5.17. The minimum absolute atomic E-state index is 0.0788. The highest BCUT2D eigenvalue weighted by Crippen LogP contribution is 2.32. The minimum Gasteiger partial charge on any atom is -0.497 e. The van der Waals surface area contributed by atoms with Gasteiger partial charge >= 0.3 is 0 Å². The largest absolute Gasteiger partial charge is 0.497 e. The van der Waals surface area contributed by atoms with Crippen LogP contribution in [0.3, 0.4) is 0 Å². The average molecular weight is 357 g/mol. The van der Waals surface area contributed by atoms with Gasteiger partial charge in [-0.25, -0.2) is 0 Å². The lowest BCUT2D eigenvalue weighted by Crippen LogP contribution is -2.27. The second-order valence-electron chi connectivity index (χ2n) is 5.01. The first-order valence-electron chi connectivity index (χ1n) is 7.26. The van der Waals surface area contributed by atoms with Gasteiger partial charge in [0, 0.05) is 0 Å². The summed E-state index contributed by atoms with van der Waals surface area (Å²) in [6.45, 7) is 0.452. The number of carbonyl (C=O) groups is 1. The van der Waals surface area contributed by atoms with Crippen LogP contribution >= 0.6 is 24.0 Å². The van der Waals surface area contributed by atoms with E-state index in [0.29, 0.717) is 15.8 Å².